The summed E-state index contributed by atoms with van der Waals surface area (Å²) in [4.78, 5) is 48.3. The highest BCUT2D eigenvalue weighted by molar-refractivity contribution is 7.47. The topological polar surface area (TPSA) is 155 Å². The second kappa shape index (κ2) is 50.6. The summed E-state index contributed by atoms with van der Waals surface area (Å²) in [6.07, 6.45) is 53.3. The maximum atomic E-state index is 12.8. The molecule has 0 aliphatic carbocycles. The highest BCUT2D eigenvalue weighted by atomic mass is 31.2. The lowest BCUT2D eigenvalue weighted by Crippen LogP contribution is -2.30. The standard InChI is InChI=1S/C56H99O11P/c1-4-7-10-13-16-19-22-23-24-25-26-27-28-29-32-33-36-39-42-45-54(58)63-49-53(67-56(60)47-44-41-38-35-31-21-18-15-12-9-6-3)51-65-68(61,62)64-50-52(48-57)66-55(59)46-43-40-37-34-30-20-17-14-11-8-5-2/h7,10,15-16,18-19,23-24,26-27,52-53,57H,4-6,8-9,11-14,17,20-22,25,28-51H2,1-3H3,(H,61,62)/b10-7-,18-15-,19-16-,24-23-,27-26-. The summed E-state index contributed by atoms with van der Waals surface area (Å²) in [5.41, 5.74) is 0. The molecule has 0 saturated carbocycles. The Morgan fingerprint density at radius 1 is 0.426 bits per heavy atom. The molecule has 2 N–H and O–H groups in total. The molecule has 0 aromatic heterocycles. The van der Waals surface area contributed by atoms with E-state index in [2.05, 4.69) is 81.5 Å². The van der Waals surface area contributed by atoms with E-state index in [0.717, 1.165) is 122 Å². The zero-order chi connectivity index (χ0) is 49.9. The predicted molar refractivity (Wildman–Crippen MR) is 279 cm³/mol. The molecule has 0 heterocycles. The third-order valence-corrected chi connectivity index (χ3v) is 12.4. The van der Waals surface area contributed by atoms with E-state index in [9.17, 15) is 28.9 Å². The van der Waals surface area contributed by atoms with Crippen molar-refractivity contribution in [2.75, 3.05) is 26.4 Å². The number of phosphoric acid groups is 1. The van der Waals surface area contributed by atoms with Gasteiger partial charge in [0.15, 0.2) is 6.10 Å². The Morgan fingerprint density at radius 2 is 0.779 bits per heavy atom. The van der Waals surface area contributed by atoms with Crippen LogP contribution in [0.25, 0.3) is 0 Å². The molecule has 0 spiro atoms. The molecule has 68 heavy (non-hydrogen) atoms. The van der Waals surface area contributed by atoms with Crippen molar-refractivity contribution in [3.63, 3.8) is 0 Å². The highest BCUT2D eigenvalue weighted by Crippen LogP contribution is 2.43. The van der Waals surface area contributed by atoms with E-state index in [-0.39, 0.29) is 25.9 Å². The van der Waals surface area contributed by atoms with E-state index in [1.165, 1.54) is 57.8 Å². The number of ether oxygens (including phenoxy) is 3. The number of carbonyl (C=O) groups is 3. The molecule has 0 bridgehead atoms. The summed E-state index contributed by atoms with van der Waals surface area (Å²) < 4.78 is 39.4. The predicted octanol–water partition coefficient (Wildman–Crippen LogP) is 15.6. The molecule has 0 fully saturated rings. The van der Waals surface area contributed by atoms with Crippen LogP contribution in [0.15, 0.2) is 60.8 Å². The summed E-state index contributed by atoms with van der Waals surface area (Å²) in [5.74, 6) is -1.49. The van der Waals surface area contributed by atoms with Gasteiger partial charge in [0.1, 0.15) is 12.7 Å². The largest absolute Gasteiger partial charge is 0.472 e. The average molecular weight is 979 g/mol. The van der Waals surface area contributed by atoms with Gasteiger partial charge in [-0.15, -0.1) is 0 Å². The van der Waals surface area contributed by atoms with Crippen LogP contribution in [0.4, 0.5) is 0 Å². The van der Waals surface area contributed by atoms with Gasteiger partial charge in [0.2, 0.25) is 0 Å². The van der Waals surface area contributed by atoms with Crippen LogP contribution >= 0.6 is 7.82 Å². The summed E-state index contributed by atoms with van der Waals surface area (Å²) in [6.45, 7) is 4.46. The van der Waals surface area contributed by atoms with E-state index >= 15 is 0 Å². The van der Waals surface area contributed by atoms with Crippen LogP contribution in [0.2, 0.25) is 0 Å². The van der Waals surface area contributed by atoms with Gasteiger partial charge >= 0.3 is 25.7 Å². The molecular formula is C56H99O11P. The van der Waals surface area contributed by atoms with E-state index in [1.54, 1.807) is 0 Å². The minimum atomic E-state index is -4.74. The molecule has 0 aliphatic rings. The van der Waals surface area contributed by atoms with E-state index in [0.29, 0.717) is 19.3 Å². The first kappa shape index (κ1) is 65.2. The lowest BCUT2D eigenvalue weighted by atomic mass is 10.1. The molecule has 0 saturated heterocycles. The van der Waals surface area contributed by atoms with Crippen LogP contribution in [-0.4, -0.2) is 66.5 Å². The van der Waals surface area contributed by atoms with Crippen molar-refractivity contribution >= 4 is 25.7 Å². The Kier molecular flexibility index (Phi) is 48.5. The molecule has 0 aromatic carbocycles. The first-order chi connectivity index (χ1) is 33.2. The fourth-order valence-electron chi connectivity index (χ4n) is 7.27. The molecule has 3 atom stereocenters. The molecular weight excluding hydrogens is 880 g/mol. The van der Waals surface area contributed by atoms with Crippen molar-refractivity contribution in [1.82, 2.24) is 0 Å². The Hall–Kier alpha value is -2.82. The van der Waals surface area contributed by atoms with Gasteiger partial charge < -0.3 is 24.2 Å². The van der Waals surface area contributed by atoms with Gasteiger partial charge in [0.25, 0.3) is 0 Å². The Labute approximate surface area is 415 Å². The van der Waals surface area contributed by atoms with Crippen LogP contribution in [0.3, 0.4) is 0 Å². The SMILES string of the molecule is CC/C=C\C/C=C\C/C=C\C/C=C\CCCCCCCCC(=O)OCC(COP(=O)(O)OCC(CO)OC(=O)CCCCCCCCCCCCC)OC(=O)CCCCCCC/C=C\CCCC. The number of phosphoric ester groups is 1. The van der Waals surface area contributed by atoms with Gasteiger partial charge in [0.05, 0.1) is 19.8 Å². The Morgan fingerprint density at radius 3 is 1.24 bits per heavy atom. The molecule has 0 aliphatic heterocycles. The molecule has 0 radical (unpaired) electrons. The normalized spacial score (nSPS) is 13.9. The number of hydrogen-bond donors (Lipinski definition) is 2. The fourth-order valence-corrected chi connectivity index (χ4v) is 8.05. The first-order valence-corrected chi connectivity index (χ1v) is 28.7. The molecule has 394 valence electrons. The summed E-state index contributed by atoms with van der Waals surface area (Å²) in [5, 5.41) is 9.77. The second-order valence-corrected chi connectivity index (χ2v) is 19.5. The van der Waals surface area contributed by atoms with Crippen molar-refractivity contribution in [2.45, 2.75) is 251 Å². The lowest BCUT2D eigenvalue weighted by molar-refractivity contribution is -0.161. The number of rotatable bonds is 50. The number of hydrogen-bond acceptors (Lipinski definition) is 10. The zero-order valence-electron chi connectivity index (χ0n) is 43.3. The van der Waals surface area contributed by atoms with Gasteiger partial charge in [-0.3, -0.25) is 23.4 Å². The van der Waals surface area contributed by atoms with E-state index < -0.39 is 57.8 Å². The number of aliphatic hydroxyl groups is 1. The molecule has 0 rings (SSSR count). The molecule has 3 unspecified atom stereocenters. The smallest absolute Gasteiger partial charge is 0.462 e. The number of unbranched alkanes of at least 4 members (excludes halogenated alkanes) is 23. The van der Waals surface area contributed by atoms with Crippen LogP contribution in [0, 0.1) is 0 Å². The average Bonchev–Trinajstić information content (AvgIpc) is 3.32. The quantitative estimate of drug-likeness (QED) is 0.0197. The summed E-state index contributed by atoms with van der Waals surface area (Å²) >= 11 is 0. The third-order valence-electron chi connectivity index (χ3n) is 11.4. The van der Waals surface area contributed by atoms with Crippen LogP contribution in [0.1, 0.15) is 239 Å². The van der Waals surface area contributed by atoms with Gasteiger partial charge in [-0.05, 0) is 77.0 Å². The highest BCUT2D eigenvalue weighted by Gasteiger charge is 2.28. The Bertz CT molecular complexity index is 1370. The minimum Gasteiger partial charge on any atom is -0.462 e. The third kappa shape index (κ3) is 48.2. The van der Waals surface area contributed by atoms with Gasteiger partial charge in [-0.2, -0.15) is 0 Å². The summed E-state index contributed by atoms with van der Waals surface area (Å²) in [7, 11) is -4.74. The van der Waals surface area contributed by atoms with Crippen LogP contribution in [-0.2, 0) is 42.2 Å². The molecule has 12 heteroatoms. The van der Waals surface area contributed by atoms with Crippen LogP contribution in [0.5, 0.6) is 0 Å². The van der Waals surface area contributed by atoms with Crippen LogP contribution < -0.4 is 0 Å². The van der Waals surface area contributed by atoms with Gasteiger partial charge in [0, 0.05) is 19.3 Å². The van der Waals surface area contributed by atoms with Gasteiger partial charge in [-0.25, -0.2) is 4.57 Å². The van der Waals surface area contributed by atoms with Crippen molar-refractivity contribution in [1.29, 1.82) is 0 Å². The monoisotopic (exact) mass is 979 g/mol. The van der Waals surface area contributed by atoms with Gasteiger partial charge in [-0.1, -0.05) is 204 Å². The van der Waals surface area contributed by atoms with Crippen molar-refractivity contribution in [2.24, 2.45) is 0 Å². The van der Waals surface area contributed by atoms with Crippen molar-refractivity contribution in [3.05, 3.63) is 60.8 Å². The van der Waals surface area contributed by atoms with E-state index in [4.69, 9.17) is 23.3 Å². The number of allylic oxidation sites excluding steroid dienone is 10. The number of carbonyl (C=O) groups excluding carboxylic acids is 3. The van der Waals surface area contributed by atoms with Crippen molar-refractivity contribution < 1.29 is 52.2 Å². The molecule has 11 nitrogen and oxygen atoms in total. The maximum absolute atomic E-state index is 12.8. The van der Waals surface area contributed by atoms with Crippen molar-refractivity contribution in [3.8, 4) is 0 Å². The Balaban J connectivity index is 4.70. The summed E-state index contributed by atoms with van der Waals surface area (Å²) in [6, 6.07) is 0. The fraction of sp³-hybridized carbons (Fsp3) is 0.768. The first-order valence-electron chi connectivity index (χ1n) is 27.2. The van der Waals surface area contributed by atoms with E-state index in [1.807, 2.05) is 0 Å². The number of esters is 3. The molecule has 0 amide bonds. The second-order valence-electron chi connectivity index (χ2n) is 18.0. The number of aliphatic hydroxyl groups excluding tert-OH is 1. The lowest BCUT2D eigenvalue weighted by Gasteiger charge is -2.21. The zero-order valence-corrected chi connectivity index (χ0v) is 44.2. The minimum absolute atomic E-state index is 0.154. The molecule has 0 aromatic rings. The maximum Gasteiger partial charge on any atom is 0.472 e.